The number of ether oxygens (including phenoxy) is 3. The maximum absolute atomic E-state index is 9.15. The predicted octanol–water partition coefficient (Wildman–Crippen LogP) is 6.19. The Morgan fingerprint density at radius 1 is 1.06 bits per heavy atom. The summed E-state index contributed by atoms with van der Waals surface area (Å²) in [7, 11) is 1.43. The van der Waals surface area contributed by atoms with Crippen molar-refractivity contribution in [2.45, 2.75) is 84.4 Å². The molecular formula is C25H43NO4Si. The van der Waals surface area contributed by atoms with Gasteiger partial charge in [-0.15, -0.1) is 0 Å². The van der Waals surface area contributed by atoms with E-state index in [1.54, 1.807) is 14.2 Å². The molecule has 176 valence electrons. The van der Waals surface area contributed by atoms with E-state index in [1.165, 1.54) is 0 Å². The number of nitriles is 1. The standard InChI is InChI=1S/C25H43NO4Si/c1-19(14-16-26)24(28-7)20(2)23(30-31(8,9)25(3,4)5)15-17-29-18-21-10-12-22(27-6)13-11-21/h10-13,19-20,23-24H,14-15,17-18H2,1-9H3/t19-,20-,23+,24+/m0/s1. The van der Waals surface area contributed by atoms with Gasteiger partial charge in [0.2, 0.25) is 0 Å². The van der Waals surface area contributed by atoms with E-state index in [0.29, 0.717) is 19.6 Å². The van der Waals surface area contributed by atoms with Gasteiger partial charge in [0.15, 0.2) is 8.32 Å². The number of hydrogen-bond acceptors (Lipinski definition) is 5. The van der Waals surface area contributed by atoms with Crippen molar-refractivity contribution in [1.82, 2.24) is 0 Å². The summed E-state index contributed by atoms with van der Waals surface area (Å²) in [5, 5.41) is 9.27. The Morgan fingerprint density at radius 2 is 1.68 bits per heavy atom. The third kappa shape index (κ3) is 8.57. The molecule has 1 rings (SSSR count). The van der Waals surface area contributed by atoms with E-state index in [9.17, 15) is 0 Å². The van der Waals surface area contributed by atoms with E-state index in [0.717, 1.165) is 17.7 Å². The van der Waals surface area contributed by atoms with Gasteiger partial charge < -0.3 is 18.6 Å². The molecule has 0 saturated carbocycles. The Balaban J connectivity index is 2.84. The van der Waals surface area contributed by atoms with E-state index in [2.05, 4.69) is 53.8 Å². The minimum absolute atomic E-state index is 0.0165. The largest absolute Gasteiger partial charge is 0.497 e. The summed E-state index contributed by atoms with van der Waals surface area (Å²) < 4.78 is 23.9. The monoisotopic (exact) mass is 449 g/mol. The van der Waals surface area contributed by atoms with Gasteiger partial charge in [-0.05, 0) is 48.2 Å². The lowest BCUT2D eigenvalue weighted by Gasteiger charge is -2.43. The SMILES string of the molecule is COc1ccc(COCC[C@@H](O[Si](C)(C)C(C)(C)C)[C@H](C)[C@H](OC)[C@@H](C)CC#N)cc1. The zero-order valence-electron chi connectivity index (χ0n) is 21.0. The molecule has 0 unspecified atom stereocenters. The van der Waals surface area contributed by atoms with Crippen LogP contribution in [-0.4, -0.2) is 41.4 Å². The second kappa shape index (κ2) is 12.6. The van der Waals surface area contributed by atoms with Crippen LogP contribution in [0.2, 0.25) is 18.1 Å². The van der Waals surface area contributed by atoms with E-state index in [4.69, 9.17) is 23.9 Å². The van der Waals surface area contributed by atoms with Crippen LogP contribution in [0.4, 0.5) is 0 Å². The molecule has 0 heterocycles. The molecule has 1 aromatic carbocycles. The topological polar surface area (TPSA) is 60.7 Å². The Labute approximate surface area is 191 Å². The lowest BCUT2D eigenvalue weighted by molar-refractivity contribution is -0.0388. The van der Waals surface area contributed by atoms with Crippen LogP contribution in [0.5, 0.6) is 5.75 Å². The summed E-state index contributed by atoms with van der Waals surface area (Å²) in [5.41, 5.74) is 1.12. The molecule has 0 N–H and O–H groups in total. The Kier molecular flexibility index (Phi) is 11.2. The molecule has 0 fully saturated rings. The van der Waals surface area contributed by atoms with Crippen molar-refractivity contribution in [2.24, 2.45) is 11.8 Å². The summed E-state index contributed by atoms with van der Waals surface area (Å²) in [5.74, 6) is 1.15. The summed E-state index contributed by atoms with van der Waals surface area (Å²) in [6.07, 6.45) is 1.26. The lowest BCUT2D eigenvalue weighted by Crippen LogP contribution is -2.48. The van der Waals surface area contributed by atoms with Crippen molar-refractivity contribution >= 4 is 8.32 Å². The Hall–Kier alpha value is -1.39. The third-order valence-electron chi connectivity index (χ3n) is 6.58. The molecule has 0 aliphatic carbocycles. The van der Waals surface area contributed by atoms with Crippen LogP contribution in [0.25, 0.3) is 0 Å². The molecule has 31 heavy (non-hydrogen) atoms. The van der Waals surface area contributed by atoms with Gasteiger partial charge >= 0.3 is 0 Å². The van der Waals surface area contributed by atoms with E-state index < -0.39 is 8.32 Å². The first kappa shape index (κ1) is 27.6. The first-order valence-electron chi connectivity index (χ1n) is 11.2. The molecule has 6 heteroatoms. The van der Waals surface area contributed by atoms with E-state index >= 15 is 0 Å². The van der Waals surface area contributed by atoms with Crippen molar-refractivity contribution in [2.75, 3.05) is 20.8 Å². The van der Waals surface area contributed by atoms with E-state index in [-0.39, 0.29) is 29.1 Å². The molecule has 0 radical (unpaired) electrons. The van der Waals surface area contributed by atoms with Gasteiger partial charge in [0.1, 0.15) is 5.75 Å². The number of benzene rings is 1. The molecule has 0 bridgehead atoms. The number of nitrogens with zero attached hydrogens (tertiary/aromatic N) is 1. The van der Waals surface area contributed by atoms with Gasteiger partial charge in [-0.1, -0.05) is 46.8 Å². The summed E-state index contributed by atoms with van der Waals surface area (Å²) in [4.78, 5) is 0. The minimum atomic E-state index is -1.97. The average molecular weight is 450 g/mol. The van der Waals surface area contributed by atoms with Gasteiger partial charge in [-0.25, -0.2) is 0 Å². The van der Waals surface area contributed by atoms with Gasteiger partial charge in [0.05, 0.1) is 32.0 Å². The predicted molar refractivity (Wildman–Crippen MR) is 129 cm³/mol. The first-order valence-corrected chi connectivity index (χ1v) is 14.2. The molecule has 0 aromatic heterocycles. The summed E-state index contributed by atoms with van der Waals surface area (Å²) in [6, 6.07) is 10.2. The second-order valence-electron chi connectivity index (χ2n) is 10.0. The minimum Gasteiger partial charge on any atom is -0.497 e. The molecule has 0 amide bonds. The molecule has 0 aliphatic heterocycles. The van der Waals surface area contributed by atoms with Crippen molar-refractivity contribution in [3.05, 3.63) is 29.8 Å². The highest BCUT2D eigenvalue weighted by atomic mass is 28.4. The molecule has 4 atom stereocenters. The maximum atomic E-state index is 9.15. The van der Waals surface area contributed by atoms with Crippen LogP contribution in [0.1, 0.15) is 53.0 Å². The van der Waals surface area contributed by atoms with Crippen LogP contribution in [0.15, 0.2) is 24.3 Å². The maximum Gasteiger partial charge on any atom is 0.192 e. The average Bonchev–Trinajstić information content (AvgIpc) is 2.70. The number of hydrogen-bond donors (Lipinski definition) is 0. The van der Waals surface area contributed by atoms with Crippen LogP contribution in [-0.2, 0) is 20.5 Å². The fraction of sp³-hybridized carbons (Fsp3) is 0.720. The van der Waals surface area contributed by atoms with Gasteiger partial charge in [-0.3, -0.25) is 0 Å². The van der Waals surface area contributed by atoms with Crippen molar-refractivity contribution in [3.63, 3.8) is 0 Å². The Bertz CT molecular complexity index is 678. The zero-order chi connectivity index (χ0) is 23.7. The smallest absolute Gasteiger partial charge is 0.192 e. The van der Waals surface area contributed by atoms with Crippen LogP contribution >= 0.6 is 0 Å². The molecule has 0 spiro atoms. The van der Waals surface area contributed by atoms with Gasteiger partial charge in [0.25, 0.3) is 0 Å². The quantitative estimate of drug-likeness (QED) is 0.265. The third-order valence-corrected chi connectivity index (χ3v) is 11.1. The fourth-order valence-electron chi connectivity index (χ4n) is 3.53. The first-order chi connectivity index (χ1) is 14.5. The van der Waals surface area contributed by atoms with E-state index in [1.807, 2.05) is 24.3 Å². The van der Waals surface area contributed by atoms with Crippen molar-refractivity contribution in [3.8, 4) is 11.8 Å². The van der Waals surface area contributed by atoms with Gasteiger partial charge in [0, 0.05) is 26.1 Å². The summed E-state index contributed by atoms with van der Waals surface area (Å²) in [6.45, 7) is 16.8. The van der Waals surface area contributed by atoms with Crippen LogP contribution in [0.3, 0.4) is 0 Å². The molecular weight excluding hydrogens is 406 g/mol. The van der Waals surface area contributed by atoms with Crippen molar-refractivity contribution < 1.29 is 18.6 Å². The highest BCUT2D eigenvalue weighted by Crippen LogP contribution is 2.39. The highest BCUT2D eigenvalue weighted by molar-refractivity contribution is 6.74. The van der Waals surface area contributed by atoms with Crippen molar-refractivity contribution in [1.29, 1.82) is 5.26 Å². The fourth-order valence-corrected chi connectivity index (χ4v) is 4.98. The zero-order valence-corrected chi connectivity index (χ0v) is 22.0. The van der Waals surface area contributed by atoms with Gasteiger partial charge in [-0.2, -0.15) is 5.26 Å². The molecule has 0 saturated heterocycles. The number of rotatable bonds is 13. The van der Waals surface area contributed by atoms with Crippen LogP contribution in [0, 0.1) is 23.2 Å². The highest BCUT2D eigenvalue weighted by Gasteiger charge is 2.41. The molecule has 1 aromatic rings. The lowest BCUT2D eigenvalue weighted by atomic mass is 9.86. The molecule has 0 aliphatic rings. The molecule has 5 nitrogen and oxygen atoms in total. The second-order valence-corrected chi connectivity index (χ2v) is 14.8. The summed E-state index contributed by atoms with van der Waals surface area (Å²) >= 11 is 0. The van der Waals surface area contributed by atoms with Crippen LogP contribution < -0.4 is 4.74 Å². The normalized spacial score (nSPS) is 16.3. The number of methoxy groups -OCH3 is 2. The Morgan fingerprint density at radius 3 is 2.16 bits per heavy atom.